The van der Waals surface area contributed by atoms with E-state index >= 15 is 0 Å². The molecule has 56 valence electrons. The summed E-state index contributed by atoms with van der Waals surface area (Å²) in [5, 5.41) is 8.76. The van der Waals surface area contributed by atoms with Crippen LogP contribution in [0.25, 0.3) is 0 Å². The lowest BCUT2D eigenvalue weighted by Gasteiger charge is -2.00. The van der Waals surface area contributed by atoms with E-state index in [1.807, 2.05) is 0 Å². The second kappa shape index (κ2) is 3.37. The predicted octanol–water partition coefficient (Wildman–Crippen LogP) is 0.785. The molecule has 1 N–H and O–H groups in total. The van der Waals surface area contributed by atoms with E-state index in [9.17, 15) is 0 Å². The molecule has 1 aromatic rings. The van der Waals surface area contributed by atoms with Crippen LogP contribution in [0.5, 0.6) is 0 Å². The largest absolute Gasteiger partial charge is 0.376 e. The summed E-state index contributed by atoms with van der Waals surface area (Å²) in [6, 6.07) is 0. The zero-order valence-corrected chi connectivity index (χ0v) is 6.12. The zero-order valence-electron chi connectivity index (χ0n) is 6.12. The molecule has 0 saturated heterocycles. The van der Waals surface area contributed by atoms with E-state index in [2.05, 4.69) is 11.9 Å². The van der Waals surface area contributed by atoms with Gasteiger partial charge in [0.05, 0.1) is 6.33 Å². The fraction of sp³-hybridized carbons (Fsp3) is 0.571. The third kappa shape index (κ3) is 1.36. The normalized spacial score (nSPS) is 10.2. The summed E-state index contributed by atoms with van der Waals surface area (Å²) < 4.78 is 1.74. The molecular weight excluding hydrogens is 128 g/mol. The van der Waals surface area contributed by atoms with Crippen LogP contribution in [0.2, 0.25) is 0 Å². The number of hydrogen-bond donors (Lipinski definition) is 1. The minimum atomic E-state index is 0.0370. The number of nitrogens with zero attached hydrogens (tertiary/aromatic N) is 2. The van der Waals surface area contributed by atoms with Gasteiger partial charge >= 0.3 is 0 Å². The van der Waals surface area contributed by atoms with Crippen LogP contribution >= 0.6 is 0 Å². The van der Waals surface area contributed by atoms with Crippen LogP contribution in [0.1, 0.15) is 19.0 Å². The third-order valence-electron chi connectivity index (χ3n) is 1.46. The van der Waals surface area contributed by atoms with Crippen molar-refractivity contribution in [2.24, 2.45) is 0 Å². The van der Waals surface area contributed by atoms with Gasteiger partial charge in [0.15, 0.2) is 0 Å². The van der Waals surface area contributed by atoms with Gasteiger partial charge in [0.2, 0.25) is 0 Å². The maximum atomic E-state index is 8.76. The molecule has 0 aliphatic carbocycles. The second-order valence-electron chi connectivity index (χ2n) is 2.25. The smallest absolute Gasteiger partial charge is 0.120 e. The monoisotopic (exact) mass is 140 g/mol. The highest BCUT2D eigenvalue weighted by atomic mass is 16.3. The van der Waals surface area contributed by atoms with Crippen molar-refractivity contribution in [1.82, 2.24) is 9.55 Å². The van der Waals surface area contributed by atoms with E-state index in [-0.39, 0.29) is 6.73 Å². The fourth-order valence-corrected chi connectivity index (χ4v) is 0.940. The summed E-state index contributed by atoms with van der Waals surface area (Å²) in [5.74, 6) is 0. The highest BCUT2D eigenvalue weighted by molar-refractivity contribution is 4.97. The van der Waals surface area contributed by atoms with Gasteiger partial charge in [0, 0.05) is 11.9 Å². The molecule has 0 radical (unpaired) electrons. The molecule has 0 amide bonds. The molecule has 10 heavy (non-hydrogen) atoms. The van der Waals surface area contributed by atoms with Crippen molar-refractivity contribution >= 4 is 0 Å². The minimum absolute atomic E-state index is 0.0370. The molecule has 0 aromatic carbocycles. The van der Waals surface area contributed by atoms with Crippen LogP contribution in [-0.2, 0) is 13.2 Å². The number of aromatic nitrogens is 2. The maximum Gasteiger partial charge on any atom is 0.120 e. The third-order valence-corrected chi connectivity index (χ3v) is 1.46. The Balaban J connectivity index is 2.70. The molecule has 0 fully saturated rings. The summed E-state index contributed by atoms with van der Waals surface area (Å²) in [5.41, 5.74) is 1.10. The molecular formula is C7H12N2O. The molecule has 0 atom stereocenters. The number of rotatable bonds is 3. The van der Waals surface area contributed by atoms with Gasteiger partial charge in [-0.05, 0) is 6.42 Å². The van der Waals surface area contributed by atoms with E-state index in [1.54, 1.807) is 17.1 Å². The number of imidazole rings is 1. The van der Waals surface area contributed by atoms with Crippen molar-refractivity contribution in [3.63, 3.8) is 0 Å². The number of aryl methyl sites for hydroxylation is 1. The van der Waals surface area contributed by atoms with Gasteiger partial charge in [-0.1, -0.05) is 13.3 Å². The van der Waals surface area contributed by atoms with Gasteiger partial charge < -0.3 is 9.67 Å². The van der Waals surface area contributed by atoms with Crippen LogP contribution in [0, 0.1) is 0 Å². The van der Waals surface area contributed by atoms with Crippen molar-refractivity contribution in [1.29, 1.82) is 0 Å². The first-order valence-corrected chi connectivity index (χ1v) is 3.48. The van der Waals surface area contributed by atoms with E-state index in [0.29, 0.717) is 0 Å². The SMILES string of the molecule is CCCc1cncn1CO. The molecule has 0 unspecified atom stereocenters. The highest BCUT2D eigenvalue weighted by Gasteiger charge is 1.96. The van der Waals surface area contributed by atoms with Crippen LogP contribution < -0.4 is 0 Å². The zero-order chi connectivity index (χ0) is 7.40. The molecule has 3 nitrogen and oxygen atoms in total. The molecule has 0 aliphatic rings. The Morgan fingerprint density at radius 2 is 2.50 bits per heavy atom. The minimum Gasteiger partial charge on any atom is -0.376 e. The fourth-order valence-electron chi connectivity index (χ4n) is 0.940. The average molecular weight is 140 g/mol. The van der Waals surface area contributed by atoms with Gasteiger partial charge in [-0.15, -0.1) is 0 Å². The van der Waals surface area contributed by atoms with Crippen molar-refractivity contribution < 1.29 is 5.11 Å². The number of aliphatic hydroxyl groups is 1. The number of aliphatic hydroxyl groups excluding tert-OH is 1. The van der Waals surface area contributed by atoms with E-state index < -0.39 is 0 Å². The molecule has 1 heterocycles. The summed E-state index contributed by atoms with van der Waals surface area (Å²) >= 11 is 0. The predicted molar refractivity (Wildman–Crippen MR) is 38.4 cm³/mol. The van der Waals surface area contributed by atoms with Gasteiger partial charge in [-0.2, -0.15) is 0 Å². The lowest BCUT2D eigenvalue weighted by Crippen LogP contribution is -1.99. The van der Waals surface area contributed by atoms with Gasteiger partial charge in [0.1, 0.15) is 6.73 Å². The molecule has 0 spiro atoms. The van der Waals surface area contributed by atoms with Crippen LogP contribution in [-0.4, -0.2) is 14.7 Å². The quantitative estimate of drug-likeness (QED) is 0.674. The Morgan fingerprint density at radius 3 is 3.10 bits per heavy atom. The van der Waals surface area contributed by atoms with Gasteiger partial charge in [0.25, 0.3) is 0 Å². The van der Waals surface area contributed by atoms with E-state index in [4.69, 9.17) is 5.11 Å². The van der Waals surface area contributed by atoms with Crippen molar-refractivity contribution in [3.8, 4) is 0 Å². The Labute approximate surface area is 60.3 Å². The standard InChI is InChI=1S/C7H12N2O/c1-2-3-7-4-8-5-9(7)6-10/h4-5,10H,2-3,6H2,1H3. The molecule has 3 heteroatoms. The van der Waals surface area contributed by atoms with Crippen LogP contribution in [0.15, 0.2) is 12.5 Å². The van der Waals surface area contributed by atoms with Crippen molar-refractivity contribution in [2.45, 2.75) is 26.5 Å². The highest BCUT2D eigenvalue weighted by Crippen LogP contribution is 2.00. The molecule has 1 rings (SSSR count). The van der Waals surface area contributed by atoms with Crippen LogP contribution in [0.3, 0.4) is 0 Å². The Morgan fingerprint density at radius 1 is 1.70 bits per heavy atom. The number of hydrogen-bond acceptors (Lipinski definition) is 2. The van der Waals surface area contributed by atoms with Gasteiger partial charge in [-0.3, -0.25) is 0 Å². The maximum absolute atomic E-state index is 8.76. The van der Waals surface area contributed by atoms with Crippen LogP contribution in [0.4, 0.5) is 0 Å². The molecule has 1 aromatic heterocycles. The topological polar surface area (TPSA) is 38.0 Å². The first-order valence-electron chi connectivity index (χ1n) is 3.48. The molecule has 0 aliphatic heterocycles. The second-order valence-corrected chi connectivity index (χ2v) is 2.25. The lowest BCUT2D eigenvalue weighted by atomic mass is 10.3. The Kier molecular flexibility index (Phi) is 2.45. The van der Waals surface area contributed by atoms with E-state index in [1.165, 1.54) is 0 Å². The molecule has 0 saturated carbocycles. The summed E-state index contributed by atoms with van der Waals surface area (Å²) in [7, 11) is 0. The first-order chi connectivity index (χ1) is 4.88. The Hall–Kier alpha value is -0.830. The van der Waals surface area contributed by atoms with Gasteiger partial charge in [-0.25, -0.2) is 4.98 Å². The van der Waals surface area contributed by atoms with E-state index in [0.717, 1.165) is 18.5 Å². The summed E-state index contributed by atoms with van der Waals surface area (Å²) in [4.78, 5) is 3.91. The molecule has 0 bridgehead atoms. The summed E-state index contributed by atoms with van der Waals surface area (Å²) in [6.07, 6.45) is 5.51. The average Bonchev–Trinajstić information content (AvgIpc) is 2.36. The van der Waals surface area contributed by atoms with Crippen molar-refractivity contribution in [2.75, 3.05) is 0 Å². The lowest BCUT2D eigenvalue weighted by molar-refractivity contribution is 0.206. The van der Waals surface area contributed by atoms with Crippen molar-refractivity contribution in [3.05, 3.63) is 18.2 Å². The first kappa shape index (κ1) is 7.28. The summed E-state index contributed by atoms with van der Waals surface area (Å²) in [6.45, 7) is 2.14. The Bertz CT molecular complexity index is 195.